The van der Waals surface area contributed by atoms with Crippen LogP contribution in [0.25, 0.3) is 5.65 Å². The predicted molar refractivity (Wildman–Crippen MR) is 85.5 cm³/mol. The number of fused-ring (bicyclic) bond motifs is 1. The minimum atomic E-state index is -0.929. The second-order valence-electron chi connectivity index (χ2n) is 5.79. The van der Waals surface area contributed by atoms with Crippen LogP contribution in [0.2, 0.25) is 0 Å². The molecule has 0 atom stereocenters. The quantitative estimate of drug-likeness (QED) is 0.797. The van der Waals surface area contributed by atoms with Crippen LogP contribution >= 0.6 is 0 Å². The zero-order chi connectivity index (χ0) is 15.7. The van der Waals surface area contributed by atoms with Gasteiger partial charge in [-0.2, -0.15) is 0 Å². The lowest BCUT2D eigenvalue weighted by Crippen LogP contribution is -1.97. The zero-order valence-electron chi connectivity index (χ0n) is 12.7. The molecule has 1 aromatic carbocycles. The third kappa shape index (κ3) is 2.86. The SMILES string of the molecule is CC(C)c1ccc(Cc2cn3cc(C(=O)O)ccc3n2)cc1. The number of nitrogens with zero attached hydrogens (tertiary/aromatic N) is 2. The van der Waals surface area contributed by atoms with E-state index in [1.165, 1.54) is 11.1 Å². The smallest absolute Gasteiger partial charge is 0.337 e. The molecule has 0 aliphatic heterocycles. The van der Waals surface area contributed by atoms with E-state index >= 15 is 0 Å². The van der Waals surface area contributed by atoms with Gasteiger partial charge in [-0.05, 0) is 29.2 Å². The summed E-state index contributed by atoms with van der Waals surface area (Å²) in [4.78, 5) is 15.5. The summed E-state index contributed by atoms with van der Waals surface area (Å²) >= 11 is 0. The highest BCUT2D eigenvalue weighted by molar-refractivity contribution is 5.87. The summed E-state index contributed by atoms with van der Waals surface area (Å²) in [6.07, 6.45) is 4.22. The van der Waals surface area contributed by atoms with E-state index in [-0.39, 0.29) is 5.56 Å². The van der Waals surface area contributed by atoms with E-state index in [2.05, 4.69) is 43.1 Å². The monoisotopic (exact) mass is 294 g/mol. The normalized spacial score (nSPS) is 11.2. The van der Waals surface area contributed by atoms with Gasteiger partial charge in [0.1, 0.15) is 5.65 Å². The van der Waals surface area contributed by atoms with Crippen molar-refractivity contribution in [3.8, 4) is 0 Å². The second-order valence-corrected chi connectivity index (χ2v) is 5.79. The molecule has 3 aromatic rings. The number of hydrogen-bond donors (Lipinski definition) is 1. The molecular formula is C18H18N2O2. The summed E-state index contributed by atoms with van der Waals surface area (Å²) in [5, 5.41) is 9.02. The van der Waals surface area contributed by atoms with Crippen molar-refractivity contribution in [1.29, 1.82) is 0 Å². The van der Waals surface area contributed by atoms with Crippen molar-refractivity contribution < 1.29 is 9.90 Å². The molecule has 0 unspecified atom stereocenters. The summed E-state index contributed by atoms with van der Waals surface area (Å²) in [5.74, 6) is -0.403. The fraction of sp³-hybridized carbons (Fsp3) is 0.222. The number of pyridine rings is 1. The Morgan fingerprint density at radius 2 is 1.86 bits per heavy atom. The molecule has 112 valence electrons. The van der Waals surface area contributed by atoms with Crippen LogP contribution in [0.4, 0.5) is 0 Å². The average Bonchev–Trinajstić information content (AvgIpc) is 2.88. The number of aromatic carboxylic acids is 1. The van der Waals surface area contributed by atoms with Crippen LogP contribution in [0.15, 0.2) is 48.8 Å². The van der Waals surface area contributed by atoms with Gasteiger partial charge in [0.05, 0.1) is 11.3 Å². The van der Waals surface area contributed by atoms with E-state index in [4.69, 9.17) is 5.11 Å². The molecule has 22 heavy (non-hydrogen) atoms. The van der Waals surface area contributed by atoms with Crippen LogP contribution in [0.3, 0.4) is 0 Å². The Morgan fingerprint density at radius 3 is 2.50 bits per heavy atom. The number of imidazole rings is 1. The Balaban J connectivity index is 1.85. The fourth-order valence-corrected chi connectivity index (χ4v) is 2.49. The molecule has 4 heteroatoms. The van der Waals surface area contributed by atoms with Crippen molar-refractivity contribution in [2.45, 2.75) is 26.2 Å². The van der Waals surface area contributed by atoms with Gasteiger partial charge in [0.25, 0.3) is 0 Å². The van der Waals surface area contributed by atoms with Crippen LogP contribution in [0, 0.1) is 0 Å². The van der Waals surface area contributed by atoms with Crippen LogP contribution in [0.5, 0.6) is 0 Å². The molecule has 0 bridgehead atoms. The molecule has 0 spiro atoms. The number of aromatic nitrogens is 2. The van der Waals surface area contributed by atoms with Crippen LogP contribution in [0.1, 0.15) is 46.9 Å². The Morgan fingerprint density at radius 1 is 1.14 bits per heavy atom. The van der Waals surface area contributed by atoms with E-state index in [1.54, 1.807) is 22.7 Å². The van der Waals surface area contributed by atoms with Gasteiger partial charge in [0.2, 0.25) is 0 Å². The summed E-state index contributed by atoms with van der Waals surface area (Å²) < 4.78 is 1.77. The maximum Gasteiger partial charge on any atom is 0.337 e. The summed E-state index contributed by atoms with van der Waals surface area (Å²) in [5.41, 5.74) is 4.48. The maximum absolute atomic E-state index is 11.0. The van der Waals surface area contributed by atoms with Crippen molar-refractivity contribution in [2.24, 2.45) is 0 Å². The number of rotatable bonds is 4. The predicted octanol–water partition coefficient (Wildman–Crippen LogP) is 3.75. The van der Waals surface area contributed by atoms with Gasteiger partial charge in [-0.1, -0.05) is 38.1 Å². The number of carboxylic acid groups (broad SMARTS) is 1. The molecule has 0 radical (unpaired) electrons. The van der Waals surface area contributed by atoms with Gasteiger partial charge in [-0.3, -0.25) is 0 Å². The maximum atomic E-state index is 11.0. The topological polar surface area (TPSA) is 54.6 Å². The van der Waals surface area contributed by atoms with Gasteiger partial charge in [0.15, 0.2) is 0 Å². The Kier molecular flexibility index (Phi) is 3.67. The number of carbonyl (C=O) groups is 1. The molecule has 0 aliphatic rings. The van der Waals surface area contributed by atoms with Crippen LogP contribution < -0.4 is 0 Å². The lowest BCUT2D eigenvalue weighted by Gasteiger charge is -2.05. The number of benzene rings is 1. The molecule has 0 saturated heterocycles. The lowest BCUT2D eigenvalue weighted by atomic mass is 10.0. The van der Waals surface area contributed by atoms with Crippen molar-refractivity contribution >= 4 is 11.6 Å². The molecule has 3 rings (SSSR count). The molecule has 2 aromatic heterocycles. The third-order valence-electron chi connectivity index (χ3n) is 3.78. The highest BCUT2D eigenvalue weighted by Crippen LogP contribution is 2.17. The molecule has 4 nitrogen and oxygen atoms in total. The standard InChI is InChI=1S/C18H18N2O2/c1-12(2)14-5-3-13(4-6-14)9-16-11-20-10-15(18(21)22)7-8-17(20)19-16/h3-8,10-12H,9H2,1-2H3,(H,21,22). The summed E-state index contributed by atoms with van der Waals surface area (Å²) in [6, 6.07) is 11.9. The highest BCUT2D eigenvalue weighted by Gasteiger charge is 2.07. The molecular weight excluding hydrogens is 276 g/mol. The van der Waals surface area contributed by atoms with Crippen LogP contribution in [-0.2, 0) is 6.42 Å². The minimum absolute atomic E-state index is 0.262. The Hall–Kier alpha value is -2.62. The van der Waals surface area contributed by atoms with E-state index in [0.29, 0.717) is 5.92 Å². The molecule has 0 amide bonds. The number of hydrogen-bond acceptors (Lipinski definition) is 2. The summed E-state index contributed by atoms with van der Waals surface area (Å²) in [6.45, 7) is 4.36. The first-order chi connectivity index (χ1) is 10.5. The molecule has 0 fully saturated rings. The van der Waals surface area contributed by atoms with E-state index in [0.717, 1.165) is 17.8 Å². The molecule has 2 heterocycles. The first kappa shape index (κ1) is 14.3. The summed E-state index contributed by atoms with van der Waals surface area (Å²) in [7, 11) is 0. The minimum Gasteiger partial charge on any atom is -0.478 e. The van der Waals surface area contributed by atoms with E-state index in [1.807, 2.05) is 6.20 Å². The third-order valence-corrected chi connectivity index (χ3v) is 3.78. The van der Waals surface area contributed by atoms with Gasteiger partial charge in [-0.15, -0.1) is 0 Å². The largest absolute Gasteiger partial charge is 0.478 e. The lowest BCUT2D eigenvalue weighted by molar-refractivity contribution is 0.0696. The molecule has 0 aliphatic carbocycles. The first-order valence-electron chi connectivity index (χ1n) is 7.32. The fourth-order valence-electron chi connectivity index (χ4n) is 2.49. The Labute approximate surface area is 129 Å². The van der Waals surface area contributed by atoms with Crippen LogP contribution in [-0.4, -0.2) is 20.5 Å². The second kappa shape index (κ2) is 5.64. The first-order valence-corrected chi connectivity index (χ1v) is 7.32. The van der Waals surface area contributed by atoms with Gasteiger partial charge >= 0.3 is 5.97 Å². The van der Waals surface area contributed by atoms with Gasteiger partial charge in [0, 0.05) is 18.8 Å². The molecule has 1 N–H and O–H groups in total. The van der Waals surface area contributed by atoms with E-state index in [9.17, 15) is 4.79 Å². The number of carboxylic acids is 1. The van der Waals surface area contributed by atoms with Crippen molar-refractivity contribution in [3.05, 3.63) is 71.2 Å². The van der Waals surface area contributed by atoms with Crippen molar-refractivity contribution in [1.82, 2.24) is 9.38 Å². The average molecular weight is 294 g/mol. The van der Waals surface area contributed by atoms with Gasteiger partial charge < -0.3 is 9.51 Å². The van der Waals surface area contributed by atoms with E-state index < -0.39 is 5.97 Å². The highest BCUT2D eigenvalue weighted by atomic mass is 16.4. The van der Waals surface area contributed by atoms with Crippen molar-refractivity contribution in [3.63, 3.8) is 0 Å². The Bertz CT molecular complexity index is 817. The van der Waals surface area contributed by atoms with Crippen molar-refractivity contribution in [2.75, 3.05) is 0 Å². The van der Waals surface area contributed by atoms with Gasteiger partial charge in [-0.25, -0.2) is 9.78 Å². The molecule has 0 saturated carbocycles. The zero-order valence-corrected chi connectivity index (χ0v) is 12.7.